The van der Waals surface area contributed by atoms with Gasteiger partial charge in [0, 0.05) is 5.69 Å². The first-order valence-corrected chi connectivity index (χ1v) is 5.68. The molecule has 4 nitrogen and oxygen atoms in total. The first-order valence-electron chi connectivity index (χ1n) is 5.68. The minimum absolute atomic E-state index is 0.490. The van der Waals surface area contributed by atoms with Crippen molar-refractivity contribution < 1.29 is 0 Å². The molecule has 4 heteroatoms. The highest BCUT2D eigenvalue weighted by Crippen LogP contribution is 2.25. The van der Waals surface area contributed by atoms with Gasteiger partial charge in [-0.3, -0.25) is 0 Å². The van der Waals surface area contributed by atoms with Crippen LogP contribution >= 0.6 is 0 Å². The van der Waals surface area contributed by atoms with Gasteiger partial charge in [-0.15, -0.1) is 5.10 Å². The maximum atomic E-state index is 9.02. The van der Waals surface area contributed by atoms with E-state index in [1.54, 1.807) is 6.07 Å². The van der Waals surface area contributed by atoms with Gasteiger partial charge in [-0.1, -0.05) is 17.7 Å². The van der Waals surface area contributed by atoms with Gasteiger partial charge >= 0.3 is 0 Å². The first-order chi connectivity index (χ1) is 8.61. The van der Waals surface area contributed by atoms with Crippen LogP contribution in [0.3, 0.4) is 0 Å². The van der Waals surface area contributed by atoms with Crippen molar-refractivity contribution in [3.8, 4) is 6.07 Å². The lowest BCUT2D eigenvalue weighted by atomic mass is 10.0. The molecule has 0 aliphatic carbocycles. The fourth-order valence-corrected chi connectivity index (χ4v) is 2.01. The summed E-state index contributed by atoms with van der Waals surface area (Å²) in [4.78, 5) is 0. The molecule has 0 amide bonds. The summed E-state index contributed by atoms with van der Waals surface area (Å²) >= 11 is 0. The van der Waals surface area contributed by atoms with E-state index in [0.29, 0.717) is 11.4 Å². The lowest BCUT2D eigenvalue weighted by Gasteiger charge is -2.13. The largest absolute Gasteiger partial charge is 0.337 e. The van der Waals surface area contributed by atoms with Crippen LogP contribution < -0.4 is 5.32 Å². The Kier molecular flexibility index (Phi) is 3.24. The second kappa shape index (κ2) is 4.84. The minimum Gasteiger partial charge on any atom is -0.337 e. The van der Waals surface area contributed by atoms with Gasteiger partial charge in [0.25, 0.3) is 0 Å². The van der Waals surface area contributed by atoms with Crippen molar-refractivity contribution in [2.45, 2.75) is 20.8 Å². The lowest BCUT2D eigenvalue weighted by Crippen LogP contribution is -2.02. The normalized spacial score (nSPS) is 9.89. The van der Waals surface area contributed by atoms with Crippen molar-refractivity contribution in [3.63, 3.8) is 0 Å². The van der Waals surface area contributed by atoms with Gasteiger partial charge < -0.3 is 5.32 Å². The molecule has 1 N–H and O–H groups in total. The summed E-state index contributed by atoms with van der Waals surface area (Å²) < 4.78 is 0. The smallest absolute Gasteiger partial charge is 0.171 e. The van der Waals surface area contributed by atoms with Crippen LogP contribution in [-0.4, -0.2) is 10.2 Å². The molecule has 1 aromatic carbocycles. The van der Waals surface area contributed by atoms with Gasteiger partial charge in [-0.05, 0) is 38.0 Å². The molecule has 0 spiro atoms. The summed E-state index contributed by atoms with van der Waals surface area (Å²) in [6, 6.07) is 7.94. The summed E-state index contributed by atoms with van der Waals surface area (Å²) in [5.74, 6) is 0.495. The summed E-state index contributed by atoms with van der Waals surface area (Å²) in [6.45, 7) is 6.13. The quantitative estimate of drug-likeness (QED) is 0.873. The van der Waals surface area contributed by atoms with Crippen LogP contribution in [0.5, 0.6) is 0 Å². The fourth-order valence-electron chi connectivity index (χ4n) is 2.01. The highest BCUT2D eigenvalue weighted by atomic mass is 15.2. The Bertz CT molecular complexity index is 603. The van der Waals surface area contributed by atoms with Crippen molar-refractivity contribution in [3.05, 3.63) is 46.6 Å². The molecule has 18 heavy (non-hydrogen) atoms. The Morgan fingerprint density at radius 3 is 2.44 bits per heavy atom. The van der Waals surface area contributed by atoms with Gasteiger partial charge in [0.05, 0.1) is 11.8 Å². The summed E-state index contributed by atoms with van der Waals surface area (Å²) in [5, 5.41) is 20.0. The Morgan fingerprint density at radius 2 is 1.83 bits per heavy atom. The van der Waals surface area contributed by atoms with Gasteiger partial charge in [0.1, 0.15) is 6.07 Å². The fraction of sp³-hybridized carbons (Fsp3) is 0.214. The molecular weight excluding hydrogens is 224 g/mol. The zero-order valence-electron chi connectivity index (χ0n) is 10.7. The number of aromatic nitrogens is 2. The molecule has 0 saturated carbocycles. The predicted molar refractivity (Wildman–Crippen MR) is 70.7 cm³/mol. The summed E-state index contributed by atoms with van der Waals surface area (Å²) in [7, 11) is 0. The monoisotopic (exact) mass is 238 g/mol. The number of anilines is 2. The van der Waals surface area contributed by atoms with E-state index in [1.807, 2.05) is 13.8 Å². The molecule has 1 heterocycles. The third kappa shape index (κ3) is 2.30. The highest BCUT2D eigenvalue weighted by molar-refractivity contribution is 5.68. The summed E-state index contributed by atoms with van der Waals surface area (Å²) in [6.07, 6.45) is 1.51. The van der Waals surface area contributed by atoms with Crippen molar-refractivity contribution in [2.75, 3.05) is 5.32 Å². The molecule has 2 rings (SSSR count). The van der Waals surface area contributed by atoms with E-state index in [9.17, 15) is 0 Å². The second-order valence-corrected chi connectivity index (χ2v) is 4.30. The molecule has 0 fully saturated rings. The number of benzene rings is 1. The molecule has 0 bridgehead atoms. The Morgan fingerprint density at radius 1 is 1.17 bits per heavy atom. The van der Waals surface area contributed by atoms with E-state index in [-0.39, 0.29) is 0 Å². The van der Waals surface area contributed by atoms with Crippen LogP contribution in [0.25, 0.3) is 0 Å². The zero-order chi connectivity index (χ0) is 13.1. The second-order valence-electron chi connectivity index (χ2n) is 4.30. The zero-order valence-corrected chi connectivity index (χ0v) is 10.7. The van der Waals surface area contributed by atoms with Gasteiger partial charge in [-0.2, -0.15) is 10.4 Å². The first kappa shape index (κ1) is 12.1. The standard InChI is InChI=1S/C14H14N4/c1-9-6-10(2)13(11(3)7-9)17-14-12(8-15)4-5-16-18-14/h4-7H,1-3H3,(H,17,18). The highest BCUT2D eigenvalue weighted by Gasteiger charge is 2.08. The van der Waals surface area contributed by atoms with Crippen LogP contribution in [-0.2, 0) is 0 Å². The minimum atomic E-state index is 0.490. The number of hydrogen-bond donors (Lipinski definition) is 1. The molecule has 0 saturated heterocycles. The van der Waals surface area contributed by atoms with Gasteiger partial charge in [0.15, 0.2) is 5.82 Å². The van der Waals surface area contributed by atoms with Crippen molar-refractivity contribution in [1.29, 1.82) is 5.26 Å². The van der Waals surface area contributed by atoms with E-state index in [2.05, 4.69) is 40.6 Å². The molecule has 0 aliphatic rings. The van der Waals surface area contributed by atoms with Crippen LogP contribution in [0.2, 0.25) is 0 Å². The lowest BCUT2D eigenvalue weighted by molar-refractivity contribution is 1.03. The van der Waals surface area contributed by atoms with Crippen molar-refractivity contribution >= 4 is 11.5 Å². The van der Waals surface area contributed by atoms with E-state index in [0.717, 1.165) is 16.8 Å². The Balaban J connectivity index is 2.44. The van der Waals surface area contributed by atoms with E-state index >= 15 is 0 Å². The number of nitriles is 1. The third-order valence-corrected chi connectivity index (χ3v) is 2.76. The van der Waals surface area contributed by atoms with Crippen molar-refractivity contribution in [1.82, 2.24) is 10.2 Å². The van der Waals surface area contributed by atoms with Crippen LogP contribution in [0.1, 0.15) is 22.3 Å². The number of rotatable bonds is 2. The van der Waals surface area contributed by atoms with E-state index < -0.39 is 0 Å². The SMILES string of the molecule is Cc1cc(C)c(Nc2nnccc2C#N)c(C)c1. The average molecular weight is 238 g/mol. The summed E-state index contributed by atoms with van der Waals surface area (Å²) in [5.41, 5.74) is 4.95. The van der Waals surface area contributed by atoms with Crippen LogP contribution in [0.15, 0.2) is 24.4 Å². The molecule has 0 aliphatic heterocycles. The molecule has 0 radical (unpaired) electrons. The van der Waals surface area contributed by atoms with Crippen LogP contribution in [0, 0.1) is 32.1 Å². The Labute approximate surface area is 106 Å². The molecule has 1 aromatic heterocycles. The third-order valence-electron chi connectivity index (χ3n) is 2.76. The predicted octanol–water partition coefficient (Wildman–Crippen LogP) is 3.02. The molecule has 0 unspecified atom stereocenters. The molecule has 90 valence electrons. The van der Waals surface area contributed by atoms with Crippen molar-refractivity contribution in [2.24, 2.45) is 0 Å². The Hall–Kier alpha value is -2.41. The van der Waals surface area contributed by atoms with Gasteiger partial charge in [0.2, 0.25) is 0 Å². The van der Waals surface area contributed by atoms with E-state index in [4.69, 9.17) is 5.26 Å². The molecule has 0 atom stereocenters. The molecular formula is C14H14N4. The van der Waals surface area contributed by atoms with Crippen LogP contribution in [0.4, 0.5) is 11.5 Å². The van der Waals surface area contributed by atoms with Gasteiger partial charge in [-0.25, -0.2) is 0 Å². The number of nitrogens with one attached hydrogen (secondary N) is 1. The average Bonchev–Trinajstić information content (AvgIpc) is 2.34. The topological polar surface area (TPSA) is 61.6 Å². The molecule has 2 aromatic rings. The number of nitrogens with zero attached hydrogens (tertiary/aromatic N) is 3. The number of hydrogen-bond acceptors (Lipinski definition) is 4. The number of aryl methyl sites for hydroxylation is 3. The maximum Gasteiger partial charge on any atom is 0.171 e. The maximum absolute atomic E-state index is 9.02. The van der Waals surface area contributed by atoms with E-state index in [1.165, 1.54) is 11.8 Å².